The zero-order valence-electron chi connectivity index (χ0n) is 9.96. The fourth-order valence-electron chi connectivity index (χ4n) is 1.58. The molecule has 0 heterocycles. The molecule has 0 radical (unpaired) electrons. The number of benzene rings is 1. The Hall–Kier alpha value is -1.26. The van der Waals surface area contributed by atoms with E-state index in [9.17, 15) is 0 Å². The largest absolute Gasteiger partial charge is 0.162 e. The summed E-state index contributed by atoms with van der Waals surface area (Å²) < 4.78 is 0. The topological polar surface area (TPSA) is 0 Å². The van der Waals surface area contributed by atoms with Gasteiger partial charge < -0.3 is 0 Å². The Morgan fingerprint density at radius 1 is 1.27 bits per heavy atom. The molecule has 0 N–H and O–H groups in total. The highest BCUT2D eigenvalue weighted by molar-refractivity contribution is 6.96. The first kappa shape index (κ1) is 11.8. The molecule has 1 aromatic rings. The summed E-state index contributed by atoms with van der Waals surface area (Å²) in [5, 5.41) is 1.36. The molecule has 0 amide bonds. The Kier molecular flexibility index (Phi) is 3.55. The molecular formula is C14H18Si. The molecule has 0 spiro atoms. The smallest absolute Gasteiger partial charge is 0.129 e. The maximum absolute atomic E-state index is 5.63. The van der Waals surface area contributed by atoms with Crippen molar-refractivity contribution in [2.45, 2.75) is 26.9 Å². The normalized spacial score (nSPS) is 10.6. The summed E-state index contributed by atoms with van der Waals surface area (Å²) in [6.45, 7) is 8.65. The Morgan fingerprint density at radius 3 is 2.40 bits per heavy atom. The van der Waals surface area contributed by atoms with E-state index in [1.165, 1.54) is 16.3 Å². The van der Waals surface area contributed by atoms with Gasteiger partial charge in [0.25, 0.3) is 0 Å². The van der Waals surface area contributed by atoms with Crippen molar-refractivity contribution < 1.29 is 0 Å². The van der Waals surface area contributed by atoms with Crippen LogP contribution in [0.2, 0.25) is 13.1 Å². The Labute approximate surface area is 94.0 Å². The van der Waals surface area contributed by atoms with Crippen LogP contribution in [0.15, 0.2) is 29.8 Å². The quantitative estimate of drug-likeness (QED) is 0.524. The second-order valence-electron chi connectivity index (χ2n) is 4.58. The van der Waals surface area contributed by atoms with Gasteiger partial charge >= 0.3 is 0 Å². The molecule has 1 aromatic carbocycles. The van der Waals surface area contributed by atoms with E-state index in [1.807, 2.05) is 0 Å². The minimum atomic E-state index is -1.68. The highest BCUT2D eigenvalue weighted by Gasteiger charge is 2.22. The predicted molar refractivity (Wildman–Crippen MR) is 71.7 cm³/mol. The lowest BCUT2D eigenvalue weighted by molar-refractivity contribution is 1.42. The molecule has 0 aliphatic carbocycles. The minimum Gasteiger partial charge on any atom is -0.129 e. The highest BCUT2D eigenvalue weighted by atomic mass is 28.3. The summed E-state index contributed by atoms with van der Waals surface area (Å²) >= 11 is 0. The van der Waals surface area contributed by atoms with Crippen molar-refractivity contribution in [1.29, 1.82) is 0 Å². The molecule has 1 rings (SSSR count). The number of hydrogen-bond donors (Lipinski definition) is 0. The SMILES string of the molecule is C#C[Si](C)(C)c1ccccc1C=C(C)C. The van der Waals surface area contributed by atoms with Crippen LogP contribution in [0.4, 0.5) is 0 Å². The zero-order chi connectivity index (χ0) is 11.5. The minimum absolute atomic E-state index is 1.28. The van der Waals surface area contributed by atoms with Gasteiger partial charge in [0.05, 0.1) is 0 Å². The van der Waals surface area contributed by atoms with Crippen molar-refractivity contribution in [2.75, 3.05) is 0 Å². The van der Waals surface area contributed by atoms with Gasteiger partial charge in [0.2, 0.25) is 0 Å². The molecule has 0 unspecified atom stereocenters. The van der Waals surface area contributed by atoms with Crippen LogP contribution in [-0.2, 0) is 0 Å². The van der Waals surface area contributed by atoms with Crippen LogP contribution in [0.1, 0.15) is 19.4 Å². The maximum atomic E-state index is 5.63. The molecule has 0 saturated heterocycles. The third-order valence-corrected chi connectivity index (χ3v) is 4.96. The van der Waals surface area contributed by atoms with Crippen LogP contribution >= 0.6 is 0 Å². The van der Waals surface area contributed by atoms with E-state index in [1.54, 1.807) is 0 Å². The predicted octanol–water partition coefficient (Wildman–Crippen LogP) is 3.20. The first-order valence-corrected chi connectivity index (χ1v) is 8.19. The average molecular weight is 214 g/mol. The Morgan fingerprint density at radius 2 is 1.87 bits per heavy atom. The maximum Gasteiger partial charge on any atom is 0.162 e. The Balaban J connectivity index is 3.32. The summed E-state index contributed by atoms with van der Waals surface area (Å²) in [6, 6.07) is 8.46. The van der Waals surface area contributed by atoms with Crippen molar-refractivity contribution in [3.8, 4) is 12.0 Å². The Bertz CT molecular complexity index is 415. The fourth-order valence-corrected chi connectivity index (χ4v) is 3.13. The standard InChI is InChI=1S/C14H18Si/c1-6-15(4,5)14-10-8-7-9-13(14)11-12(2)3/h1,7-11H,2-5H3. The molecular weight excluding hydrogens is 196 g/mol. The van der Waals surface area contributed by atoms with Gasteiger partial charge in [-0.15, -0.1) is 12.0 Å². The van der Waals surface area contributed by atoms with Gasteiger partial charge in [-0.1, -0.05) is 49.0 Å². The van der Waals surface area contributed by atoms with E-state index in [0.29, 0.717) is 0 Å². The summed E-state index contributed by atoms with van der Waals surface area (Å²) in [6.07, 6.45) is 7.84. The van der Waals surface area contributed by atoms with Crippen LogP contribution in [0.25, 0.3) is 6.08 Å². The van der Waals surface area contributed by atoms with Crippen molar-refractivity contribution in [1.82, 2.24) is 0 Å². The van der Waals surface area contributed by atoms with Crippen molar-refractivity contribution in [3.63, 3.8) is 0 Å². The van der Waals surface area contributed by atoms with Crippen LogP contribution < -0.4 is 5.19 Å². The van der Waals surface area contributed by atoms with Crippen LogP contribution in [-0.4, -0.2) is 8.07 Å². The number of rotatable bonds is 2. The molecule has 0 aliphatic rings. The van der Waals surface area contributed by atoms with Crippen LogP contribution in [0.5, 0.6) is 0 Å². The molecule has 78 valence electrons. The van der Waals surface area contributed by atoms with Crippen LogP contribution in [0, 0.1) is 12.0 Å². The lowest BCUT2D eigenvalue weighted by Gasteiger charge is -2.18. The van der Waals surface area contributed by atoms with Crippen LogP contribution in [0.3, 0.4) is 0 Å². The average Bonchev–Trinajstić information content (AvgIpc) is 2.17. The van der Waals surface area contributed by atoms with E-state index in [-0.39, 0.29) is 0 Å². The van der Waals surface area contributed by atoms with Crippen molar-refractivity contribution in [3.05, 3.63) is 35.4 Å². The van der Waals surface area contributed by atoms with Gasteiger partial charge in [0.1, 0.15) is 0 Å². The first-order valence-electron chi connectivity index (χ1n) is 5.19. The van der Waals surface area contributed by atoms with Gasteiger partial charge in [0.15, 0.2) is 8.07 Å². The molecule has 0 nitrogen and oxygen atoms in total. The number of allylic oxidation sites excluding steroid dienone is 1. The van der Waals surface area contributed by atoms with Crippen molar-refractivity contribution in [2.24, 2.45) is 0 Å². The molecule has 15 heavy (non-hydrogen) atoms. The van der Waals surface area contributed by atoms with E-state index < -0.39 is 8.07 Å². The molecule has 0 aromatic heterocycles. The van der Waals surface area contributed by atoms with Gasteiger partial charge in [-0.3, -0.25) is 0 Å². The highest BCUT2D eigenvalue weighted by Crippen LogP contribution is 2.10. The second-order valence-corrected chi connectivity index (χ2v) is 8.66. The summed E-state index contributed by atoms with van der Waals surface area (Å²) in [7, 11) is -1.68. The third kappa shape index (κ3) is 2.84. The van der Waals surface area contributed by atoms with E-state index in [4.69, 9.17) is 6.42 Å². The van der Waals surface area contributed by atoms with Gasteiger partial charge in [-0.25, -0.2) is 0 Å². The second kappa shape index (κ2) is 4.50. The first-order chi connectivity index (χ1) is 6.97. The third-order valence-electron chi connectivity index (χ3n) is 2.44. The number of terminal acetylenes is 1. The summed E-state index contributed by atoms with van der Waals surface area (Å²) in [5.74, 6) is 0. The lowest BCUT2D eigenvalue weighted by atomic mass is 10.1. The molecule has 0 bridgehead atoms. The molecule has 0 fully saturated rings. The summed E-state index contributed by atoms with van der Waals surface area (Å²) in [5.41, 5.74) is 5.57. The lowest BCUT2D eigenvalue weighted by Crippen LogP contribution is -2.41. The van der Waals surface area contributed by atoms with E-state index >= 15 is 0 Å². The van der Waals surface area contributed by atoms with Gasteiger partial charge in [-0.2, -0.15) is 0 Å². The van der Waals surface area contributed by atoms with Gasteiger partial charge in [0, 0.05) is 0 Å². The molecule has 0 aliphatic heterocycles. The van der Waals surface area contributed by atoms with Crippen molar-refractivity contribution >= 4 is 19.3 Å². The van der Waals surface area contributed by atoms with E-state index in [2.05, 4.69) is 62.8 Å². The van der Waals surface area contributed by atoms with E-state index in [0.717, 1.165) is 0 Å². The number of hydrogen-bond acceptors (Lipinski definition) is 0. The zero-order valence-corrected chi connectivity index (χ0v) is 11.0. The molecule has 0 atom stereocenters. The molecule has 0 saturated carbocycles. The fraction of sp³-hybridized carbons (Fsp3) is 0.286. The van der Waals surface area contributed by atoms with Gasteiger partial charge in [-0.05, 0) is 24.6 Å². The molecule has 1 heteroatoms. The monoisotopic (exact) mass is 214 g/mol. The summed E-state index contributed by atoms with van der Waals surface area (Å²) in [4.78, 5) is 0.